The van der Waals surface area contributed by atoms with Crippen LogP contribution in [0.1, 0.15) is 26.0 Å². The molecular weight excluding hydrogens is 254 g/mol. The lowest BCUT2D eigenvalue weighted by molar-refractivity contribution is -0.142. The topological polar surface area (TPSA) is 94.3 Å². The third-order valence-corrected chi connectivity index (χ3v) is 2.88. The average Bonchev–Trinajstić information content (AvgIpc) is 2.64. The Labute approximate surface area is 110 Å². The van der Waals surface area contributed by atoms with Crippen LogP contribution in [0.2, 0.25) is 0 Å². The average molecular weight is 271 g/mol. The molecule has 1 aromatic heterocycles. The minimum Gasteiger partial charge on any atom is -0.466 e. The van der Waals surface area contributed by atoms with Crippen molar-refractivity contribution >= 4 is 28.3 Å². The summed E-state index contributed by atoms with van der Waals surface area (Å²) in [5.74, 6) is -0.655. The molecule has 0 aliphatic heterocycles. The number of ether oxygens (including phenoxy) is 1. The molecule has 1 rings (SSSR count). The van der Waals surface area contributed by atoms with E-state index >= 15 is 0 Å². The molecule has 1 amide bonds. The largest absolute Gasteiger partial charge is 0.466 e. The molecule has 1 aromatic rings. The number of carbonyl (C=O) groups is 2. The lowest BCUT2D eigenvalue weighted by Gasteiger charge is -2.09. The molecular formula is C11H17N3O3S. The lowest BCUT2D eigenvalue weighted by Crippen LogP contribution is -2.23. The Balaban J connectivity index is 2.47. The molecule has 100 valence electrons. The minimum absolute atomic E-state index is 0.0795. The highest BCUT2D eigenvalue weighted by Gasteiger charge is 2.11. The number of nitrogens with zero attached hydrogens (tertiary/aromatic N) is 1. The summed E-state index contributed by atoms with van der Waals surface area (Å²) in [6.45, 7) is 3.97. The monoisotopic (exact) mass is 271 g/mol. The molecule has 0 saturated heterocycles. The molecule has 1 unspecified atom stereocenters. The van der Waals surface area contributed by atoms with Crippen LogP contribution in [0.4, 0.5) is 5.13 Å². The second-order valence-corrected chi connectivity index (χ2v) is 4.70. The maximum atomic E-state index is 11.3. The molecule has 6 nitrogen and oxygen atoms in total. The van der Waals surface area contributed by atoms with E-state index in [0.717, 1.165) is 0 Å². The SMILES string of the molecule is CCOC(=O)Cc1csc(NC(C)CC(N)=O)n1. The van der Waals surface area contributed by atoms with Crippen molar-refractivity contribution in [2.75, 3.05) is 11.9 Å². The highest BCUT2D eigenvalue weighted by atomic mass is 32.1. The van der Waals surface area contributed by atoms with Crippen molar-refractivity contribution in [1.29, 1.82) is 0 Å². The summed E-state index contributed by atoms with van der Waals surface area (Å²) in [4.78, 5) is 26.2. The lowest BCUT2D eigenvalue weighted by atomic mass is 10.2. The molecule has 0 radical (unpaired) electrons. The first-order chi connectivity index (χ1) is 8.51. The fraction of sp³-hybridized carbons (Fsp3) is 0.545. The summed E-state index contributed by atoms with van der Waals surface area (Å²) in [6.07, 6.45) is 0.406. The number of aromatic nitrogens is 1. The molecule has 0 spiro atoms. The van der Waals surface area contributed by atoms with E-state index in [1.807, 2.05) is 6.92 Å². The summed E-state index contributed by atoms with van der Waals surface area (Å²) in [6, 6.07) is -0.0795. The first kappa shape index (κ1) is 14.4. The van der Waals surface area contributed by atoms with E-state index < -0.39 is 0 Å². The van der Waals surface area contributed by atoms with Gasteiger partial charge >= 0.3 is 5.97 Å². The number of esters is 1. The van der Waals surface area contributed by atoms with E-state index in [4.69, 9.17) is 10.5 Å². The highest BCUT2D eigenvalue weighted by molar-refractivity contribution is 7.13. The molecule has 1 atom stereocenters. The molecule has 0 fully saturated rings. The van der Waals surface area contributed by atoms with Gasteiger partial charge in [-0.1, -0.05) is 0 Å². The Morgan fingerprint density at radius 3 is 2.94 bits per heavy atom. The number of nitrogens with one attached hydrogen (secondary N) is 1. The standard InChI is InChI=1S/C11H17N3O3S/c1-3-17-10(16)5-8-6-18-11(14-8)13-7(2)4-9(12)15/h6-7H,3-5H2,1-2H3,(H2,12,15)(H,13,14). The van der Waals surface area contributed by atoms with Crippen molar-refractivity contribution in [2.45, 2.75) is 32.7 Å². The van der Waals surface area contributed by atoms with Crippen LogP contribution in [-0.4, -0.2) is 29.5 Å². The molecule has 0 aliphatic rings. The van der Waals surface area contributed by atoms with Gasteiger partial charge in [0.15, 0.2) is 5.13 Å². The number of hydrogen-bond donors (Lipinski definition) is 2. The Hall–Kier alpha value is -1.63. The molecule has 0 bridgehead atoms. The van der Waals surface area contributed by atoms with Gasteiger partial charge in [0.1, 0.15) is 0 Å². The number of thiazole rings is 1. The van der Waals surface area contributed by atoms with Gasteiger partial charge in [-0.05, 0) is 13.8 Å². The summed E-state index contributed by atoms with van der Waals surface area (Å²) >= 11 is 1.38. The number of nitrogens with two attached hydrogens (primary N) is 1. The minimum atomic E-state index is -0.363. The second kappa shape index (κ2) is 6.95. The third kappa shape index (κ3) is 5.13. The number of amides is 1. The van der Waals surface area contributed by atoms with Crippen LogP contribution in [0.15, 0.2) is 5.38 Å². The summed E-state index contributed by atoms with van der Waals surface area (Å²) in [5.41, 5.74) is 5.75. The molecule has 0 aromatic carbocycles. The smallest absolute Gasteiger partial charge is 0.311 e. The number of carbonyl (C=O) groups excluding carboxylic acids is 2. The quantitative estimate of drug-likeness (QED) is 0.719. The number of primary amides is 1. The number of hydrogen-bond acceptors (Lipinski definition) is 6. The normalized spacial score (nSPS) is 11.9. The Morgan fingerprint density at radius 1 is 1.61 bits per heavy atom. The van der Waals surface area contributed by atoms with E-state index in [-0.39, 0.29) is 30.8 Å². The van der Waals surface area contributed by atoms with Crippen LogP contribution < -0.4 is 11.1 Å². The summed E-state index contributed by atoms with van der Waals surface area (Å²) < 4.78 is 4.83. The zero-order valence-corrected chi connectivity index (χ0v) is 11.3. The van der Waals surface area contributed by atoms with Crippen molar-refractivity contribution in [2.24, 2.45) is 5.73 Å². The molecule has 0 saturated carbocycles. The fourth-order valence-corrected chi connectivity index (χ4v) is 2.20. The molecule has 0 aliphatic carbocycles. The van der Waals surface area contributed by atoms with Gasteiger partial charge in [0.05, 0.1) is 18.7 Å². The van der Waals surface area contributed by atoms with Crippen molar-refractivity contribution < 1.29 is 14.3 Å². The first-order valence-electron chi connectivity index (χ1n) is 5.66. The number of anilines is 1. The van der Waals surface area contributed by atoms with Gasteiger partial charge in [-0.15, -0.1) is 11.3 Å². The van der Waals surface area contributed by atoms with Crippen LogP contribution in [0.5, 0.6) is 0 Å². The van der Waals surface area contributed by atoms with Crippen molar-refractivity contribution in [3.05, 3.63) is 11.1 Å². The van der Waals surface area contributed by atoms with E-state index in [9.17, 15) is 9.59 Å². The van der Waals surface area contributed by atoms with Crippen molar-refractivity contribution in [3.63, 3.8) is 0 Å². The third-order valence-electron chi connectivity index (χ3n) is 2.06. The maximum absolute atomic E-state index is 11.3. The van der Waals surface area contributed by atoms with E-state index in [1.54, 1.807) is 12.3 Å². The van der Waals surface area contributed by atoms with Gasteiger partial charge in [-0.25, -0.2) is 4.98 Å². The van der Waals surface area contributed by atoms with Crippen LogP contribution in [0.3, 0.4) is 0 Å². The zero-order chi connectivity index (χ0) is 13.5. The highest BCUT2D eigenvalue weighted by Crippen LogP contribution is 2.17. The molecule has 7 heteroatoms. The predicted octanol–water partition coefficient (Wildman–Crippen LogP) is 0.925. The van der Waals surface area contributed by atoms with Crippen LogP contribution in [0.25, 0.3) is 0 Å². The van der Waals surface area contributed by atoms with Crippen LogP contribution in [0, 0.1) is 0 Å². The first-order valence-corrected chi connectivity index (χ1v) is 6.54. The van der Waals surface area contributed by atoms with E-state index in [2.05, 4.69) is 10.3 Å². The van der Waals surface area contributed by atoms with Gasteiger partial charge in [0.2, 0.25) is 5.91 Å². The zero-order valence-electron chi connectivity index (χ0n) is 10.4. The maximum Gasteiger partial charge on any atom is 0.311 e. The van der Waals surface area contributed by atoms with Crippen LogP contribution >= 0.6 is 11.3 Å². The van der Waals surface area contributed by atoms with Gasteiger partial charge in [-0.3, -0.25) is 9.59 Å². The predicted molar refractivity (Wildman–Crippen MR) is 69.3 cm³/mol. The van der Waals surface area contributed by atoms with Crippen molar-refractivity contribution in [1.82, 2.24) is 4.98 Å². The Morgan fingerprint density at radius 2 is 2.33 bits per heavy atom. The molecule has 18 heavy (non-hydrogen) atoms. The Bertz CT molecular complexity index is 419. The Kier molecular flexibility index (Phi) is 5.57. The van der Waals surface area contributed by atoms with Crippen molar-refractivity contribution in [3.8, 4) is 0 Å². The van der Waals surface area contributed by atoms with Crippen LogP contribution in [-0.2, 0) is 20.7 Å². The van der Waals surface area contributed by atoms with Gasteiger partial charge in [-0.2, -0.15) is 0 Å². The van der Waals surface area contributed by atoms with Gasteiger partial charge < -0.3 is 15.8 Å². The molecule has 1 heterocycles. The molecule has 3 N–H and O–H groups in total. The fourth-order valence-electron chi connectivity index (χ4n) is 1.38. The summed E-state index contributed by atoms with van der Waals surface area (Å²) in [5, 5.41) is 5.51. The summed E-state index contributed by atoms with van der Waals surface area (Å²) in [7, 11) is 0. The second-order valence-electron chi connectivity index (χ2n) is 3.84. The van der Waals surface area contributed by atoms with Gasteiger partial charge in [0.25, 0.3) is 0 Å². The van der Waals surface area contributed by atoms with E-state index in [1.165, 1.54) is 11.3 Å². The van der Waals surface area contributed by atoms with E-state index in [0.29, 0.717) is 17.4 Å². The van der Waals surface area contributed by atoms with Gasteiger partial charge in [0, 0.05) is 17.8 Å². The number of rotatable bonds is 7.